The largest absolute Gasteiger partial charge is 0.488 e. The van der Waals surface area contributed by atoms with Crippen molar-refractivity contribution in [1.29, 1.82) is 0 Å². The Balaban J connectivity index is 1.74. The second-order valence-electron chi connectivity index (χ2n) is 9.79. The van der Waals surface area contributed by atoms with E-state index in [0.717, 1.165) is 5.56 Å². The number of aromatic nitrogens is 3. The lowest BCUT2D eigenvalue weighted by Crippen LogP contribution is -2.47. The van der Waals surface area contributed by atoms with E-state index in [1.165, 1.54) is 0 Å². The van der Waals surface area contributed by atoms with Gasteiger partial charge in [0.15, 0.2) is 17.1 Å². The van der Waals surface area contributed by atoms with Crippen molar-refractivity contribution >= 4 is 34.4 Å². The molecule has 3 heterocycles. The first kappa shape index (κ1) is 27.7. The van der Waals surface area contributed by atoms with Gasteiger partial charge in [0, 0.05) is 37.6 Å². The number of ether oxygens (including phenoxy) is 1. The number of carbonyl (C=O) groups is 2. The predicted molar refractivity (Wildman–Crippen MR) is 145 cm³/mol. The number of likely N-dealkylation sites (tertiary alicyclic amines) is 1. The summed E-state index contributed by atoms with van der Waals surface area (Å²) >= 11 is 6.17. The van der Waals surface area contributed by atoms with Crippen LogP contribution in [0.1, 0.15) is 55.5 Å². The van der Waals surface area contributed by atoms with Crippen molar-refractivity contribution in [2.75, 3.05) is 19.7 Å². The molecule has 4 rings (SSSR count). The number of rotatable bonds is 8. The van der Waals surface area contributed by atoms with Crippen molar-refractivity contribution in [3.05, 3.63) is 56.7 Å². The smallest absolute Gasteiger partial charge is 0.272 e. The van der Waals surface area contributed by atoms with E-state index in [9.17, 15) is 14.4 Å². The maximum absolute atomic E-state index is 13.9. The molecule has 38 heavy (non-hydrogen) atoms. The normalized spacial score (nSPS) is 14.3. The molecular weight excluding hydrogens is 510 g/mol. The number of amides is 2. The minimum Gasteiger partial charge on any atom is -0.488 e. The Morgan fingerprint density at radius 1 is 1.26 bits per heavy atom. The molecule has 2 aromatic heterocycles. The van der Waals surface area contributed by atoms with Crippen molar-refractivity contribution in [3.8, 4) is 5.75 Å². The zero-order valence-electron chi connectivity index (χ0n) is 22.2. The number of benzene rings is 1. The van der Waals surface area contributed by atoms with Crippen molar-refractivity contribution in [3.63, 3.8) is 0 Å². The summed E-state index contributed by atoms with van der Waals surface area (Å²) in [5.41, 5.74) is 1.20. The molecule has 3 aromatic rings. The molecule has 0 radical (unpaired) electrons. The van der Waals surface area contributed by atoms with E-state index in [2.05, 4.69) is 5.32 Å². The van der Waals surface area contributed by atoms with E-state index in [1.54, 1.807) is 27.1 Å². The van der Waals surface area contributed by atoms with E-state index < -0.39 is 6.61 Å². The number of hydrogen-bond donors (Lipinski definition) is 2. The fraction of sp³-hybridized carbons (Fsp3) is 0.481. The summed E-state index contributed by atoms with van der Waals surface area (Å²) in [6.07, 6.45) is 1.36. The second kappa shape index (κ2) is 11.6. The van der Waals surface area contributed by atoms with E-state index in [1.807, 2.05) is 39.0 Å². The first-order valence-electron chi connectivity index (χ1n) is 12.9. The maximum atomic E-state index is 13.9. The fourth-order valence-corrected chi connectivity index (χ4v) is 5.10. The van der Waals surface area contributed by atoms with E-state index in [4.69, 9.17) is 26.4 Å². The number of carbonyl (C=O) groups excluding carboxylic acids is 2. The van der Waals surface area contributed by atoms with Crippen LogP contribution >= 0.6 is 11.6 Å². The number of aliphatic hydroxyl groups is 1. The van der Waals surface area contributed by atoms with Gasteiger partial charge in [-0.25, -0.2) is 4.98 Å². The average Bonchev–Trinajstić information content (AvgIpc) is 3.16. The van der Waals surface area contributed by atoms with Crippen LogP contribution in [0, 0.1) is 0 Å². The van der Waals surface area contributed by atoms with Gasteiger partial charge in [-0.15, -0.1) is 0 Å². The van der Waals surface area contributed by atoms with Gasteiger partial charge < -0.3 is 24.6 Å². The molecule has 1 saturated heterocycles. The van der Waals surface area contributed by atoms with Crippen LogP contribution in [0.2, 0.25) is 5.02 Å². The molecule has 0 bridgehead atoms. The van der Waals surface area contributed by atoms with Crippen molar-refractivity contribution < 1.29 is 19.4 Å². The highest BCUT2D eigenvalue weighted by molar-refractivity contribution is 6.30. The van der Waals surface area contributed by atoms with Crippen LogP contribution in [0.3, 0.4) is 0 Å². The Labute approximate surface area is 226 Å². The summed E-state index contributed by atoms with van der Waals surface area (Å²) < 4.78 is 9.32. The minimum absolute atomic E-state index is 0.159. The first-order valence-corrected chi connectivity index (χ1v) is 13.2. The summed E-state index contributed by atoms with van der Waals surface area (Å²) in [5, 5.41) is 13.0. The van der Waals surface area contributed by atoms with E-state index in [0.29, 0.717) is 48.8 Å². The third-order valence-electron chi connectivity index (χ3n) is 6.76. The van der Waals surface area contributed by atoms with Gasteiger partial charge in [-0.2, -0.15) is 0 Å². The standard InChI is InChI=1S/C27H34ClN5O5/c1-5-20-30-25-22(27(37)33(20)14-17-7-6-8-18(28)13-17)24(38-16(2)3)23(31(25)4)26(36)29-19-9-11-32(12-10-19)21(35)15-34/h6-8,13,16,19,34H,5,9-12,14-15H2,1-4H3,(H,29,36). The number of nitrogens with zero attached hydrogens (tertiary/aromatic N) is 4. The van der Waals surface area contributed by atoms with Crippen molar-refractivity contribution in [2.45, 2.75) is 58.7 Å². The van der Waals surface area contributed by atoms with Gasteiger partial charge in [0.05, 0.1) is 12.6 Å². The van der Waals surface area contributed by atoms with Crippen LogP contribution in [-0.2, 0) is 24.8 Å². The maximum Gasteiger partial charge on any atom is 0.272 e. The average molecular weight is 544 g/mol. The zero-order chi connectivity index (χ0) is 27.6. The minimum atomic E-state index is -0.523. The van der Waals surface area contributed by atoms with Gasteiger partial charge >= 0.3 is 0 Å². The Morgan fingerprint density at radius 3 is 2.58 bits per heavy atom. The van der Waals surface area contributed by atoms with Crippen LogP contribution in [0.25, 0.3) is 11.0 Å². The Hall–Kier alpha value is -3.37. The Bertz CT molecular complexity index is 1410. The lowest BCUT2D eigenvalue weighted by Gasteiger charge is -2.32. The molecule has 1 fully saturated rings. The third-order valence-corrected chi connectivity index (χ3v) is 6.99. The van der Waals surface area contributed by atoms with Gasteiger partial charge in [0.2, 0.25) is 5.91 Å². The SMILES string of the molecule is CCc1nc2c(c(OC(C)C)c(C(=O)NC3CCN(C(=O)CO)CC3)n2C)c(=O)n1Cc1cccc(Cl)c1. The lowest BCUT2D eigenvalue weighted by atomic mass is 10.0. The molecule has 1 aromatic carbocycles. The van der Waals surface area contributed by atoms with Crippen LogP contribution in [0.5, 0.6) is 5.75 Å². The van der Waals surface area contributed by atoms with Crippen LogP contribution in [0.15, 0.2) is 29.1 Å². The van der Waals surface area contributed by atoms with Crippen LogP contribution in [0.4, 0.5) is 0 Å². The monoisotopic (exact) mass is 543 g/mol. The number of fused-ring (bicyclic) bond motifs is 1. The molecule has 0 atom stereocenters. The molecule has 2 amide bonds. The summed E-state index contributed by atoms with van der Waals surface area (Å²) in [7, 11) is 1.71. The third kappa shape index (κ3) is 5.56. The van der Waals surface area contributed by atoms with E-state index in [-0.39, 0.29) is 52.9 Å². The predicted octanol–water partition coefficient (Wildman–Crippen LogP) is 2.50. The Morgan fingerprint density at radius 2 is 1.97 bits per heavy atom. The topological polar surface area (TPSA) is 119 Å². The highest BCUT2D eigenvalue weighted by Gasteiger charge is 2.30. The molecule has 1 aliphatic heterocycles. The molecule has 11 heteroatoms. The number of aryl methyl sites for hydroxylation is 2. The number of nitrogens with one attached hydrogen (secondary N) is 1. The highest BCUT2D eigenvalue weighted by atomic mass is 35.5. The molecule has 0 aliphatic carbocycles. The number of piperidine rings is 1. The van der Waals surface area contributed by atoms with Gasteiger partial charge in [-0.3, -0.25) is 19.0 Å². The van der Waals surface area contributed by atoms with Gasteiger partial charge in [0.1, 0.15) is 17.8 Å². The summed E-state index contributed by atoms with van der Waals surface area (Å²) in [5.74, 6) is 0.116. The molecule has 1 aliphatic rings. The quantitative estimate of drug-likeness (QED) is 0.450. The molecule has 204 valence electrons. The second-order valence-corrected chi connectivity index (χ2v) is 10.2. The number of aliphatic hydroxyl groups excluding tert-OH is 1. The molecule has 10 nitrogen and oxygen atoms in total. The molecule has 0 spiro atoms. The summed E-state index contributed by atoms with van der Waals surface area (Å²) in [4.78, 5) is 45.6. The van der Waals surface area contributed by atoms with Crippen LogP contribution < -0.4 is 15.6 Å². The molecular formula is C27H34ClN5O5. The molecule has 0 saturated carbocycles. The summed E-state index contributed by atoms with van der Waals surface area (Å²) in [6.45, 7) is 6.27. The number of hydrogen-bond acceptors (Lipinski definition) is 6. The number of halogens is 1. The molecule has 2 N–H and O–H groups in total. The first-order chi connectivity index (χ1) is 18.1. The Kier molecular flexibility index (Phi) is 8.42. The summed E-state index contributed by atoms with van der Waals surface area (Å²) in [6, 6.07) is 7.17. The lowest BCUT2D eigenvalue weighted by molar-refractivity contribution is -0.135. The fourth-order valence-electron chi connectivity index (χ4n) is 4.89. The van der Waals surface area contributed by atoms with Gasteiger partial charge in [-0.05, 0) is 44.4 Å². The van der Waals surface area contributed by atoms with Crippen molar-refractivity contribution in [2.24, 2.45) is 7.05 Å². The zero-order valence-corrected chi connectivity index (χ0v) is 22.9. The van der Waals surface area contributed by atoms with Gasteiger partial charge in [-0.1, -0.05) is 30.7 Å². The van der Waals surface area contributed by atoms with Crippen LogP contribution in [-0.4, -0.2) is 67.8 Å². The van der Waals surface area contributed by atoms with Crippen molar-refractivity contribution in [1.82, 2.24) is 24.3 Å². The molecule has 0 unspecified atom stereocenters. The highest BCUT2D eigenvalue weighted by Crippen LogP contribution is 2.31. The van der Waals surface area contributed by atoms with Gasteiger partial charge in [0.25, 0.3) is 11.5 Å². The van der Waals surface area contributed by atoms with E-state index >= 15 is 0 Å².